The normalized spacial score (nSPS) is 35.7. The number of carbonyl (C=O) groups is 2. The molecule has 2 saturated heterocycles. The average molecular weight is 546 g/mol. The van der Waals surface area contributed by atoms with Gasteiger partial charge in [-0.15, -0.1) is 0 Å². The minimum absolute atomic E-state index is 0.0324. The molecule has 0 aromatic heterocycles. The molecule has 2 heterocycles. The summed E-state index contributed by atoms with van der Waals surface area (Å²) in [7, 11) is 1.26. The van der Waals surface area contributed by atoms with E-state index in [1.165, 1.54) is 19.3 Å². The Balaban J connectivity index is 1.94. The molecule has 0 unspecified atom stereocenters. The lowest BCUT2D eigenvalue weighted by molar-refractivity contribution is -0.355. The Morgan fingerprint density at radius 3 is 2.21 bits per heavy atom. The van der Waals surface area contributed by atoms with Crippen LogP contribution in [0, 0.1) is 0 Å². The van der Waals surface area contributed by atoms with Crippen molar-refractivity contribution >= 4 is 18.3 Å². The highest BCUT2D eigenvalue weighted by Gasteiger charge is 2.52. The molecule has 2 aliphatic rings. The van der Waals surface area contributed by atoms with E-state index in [0.29, 0.717) is 6.29 Å². The number of hydrogen-bond donors (Lipinski definition) is 8. The monoisotopic (exact) mass is 546 g/mol. The van der Waals surface area contributed by atoms with Gasteiger partial charge in [-0.25, -0.2) is 4.79 Å². The molecule has 3 rings (SSSR count). The van der Waals surface area contributed by atoms with Crippen molar-refractivity contribution in [3.63, 3.8) is 0 Å². The lowest BCUT2D eigenvalue weighted by Crippen LogP contribution is -2.65. The maximum absolute atomic E-state index is 13.1. The molecule has 2 aliphatic heterocycles. The molecule has 0 spiro atoms. The summed E-state index contributed by atoms with van der Waals surface area (Å²) in [5.74, 6) is -1.69. The highest BCUT2D eigenvalue weighted by molar-refractivity contribution is 5.95. The molecule has 0 aliphatic carbocycles. The number of hydrogen-bond acceptors (Lipinski definition) is 15. The summed E-state index contributed by atoms with van der Waals surface area (Å²) in [5, 5.41) is 80.8. The molecular weight excluding hydrogens is 516 g/mol. The zero-order valence-electron chi connectivity index (χ0n) is 20.0. The van der Waals surface area contributed by atoms with Gasteiger partial charge in [0.25, 0.3) is 0 Å². The number of carbonyl (C=O) groups excluding carboxylic acids is 2. The summed E-state index contributed by atoms with van der Waals surface area (Å²) >= 11 is 0. The molecule has 0 saturated carbocycles. The molecule has 1 aromatic rings. The van der Waals surface area contributed by atoms with Gasteiger partial charge in [-0.05, 0) is 23.8 Å². The third-order valence-electron chi connectivity index (χ3n) is 6.12. The van der Waals surface area contributed by atoms with Crippen LogP contribution in [0.25, 0.3) is 6.08 Å². The maximum Gasteiger partial charge on any atom is 0.339 e. The van der Waals surface area contributed by atoms with Crippen LogP contribution in [0.5, 0.6) is 11.5 Å². The second kappa shape index (κ2) is 12.9. The number of ether oxygens (including phenoxy) is 5. The Kier molecular flexibility index (Phi) is 10.1. The van der Waals surface area contributed by atoms with E-state index in [1.807, 2.05) is 0 Å². The van der Waals surface area contributed by atoms with Crippen LogP contribution in [0.15, 0.2) is 18.2 Å². The van der Waals surface area contributed by atoms with Gasteiger partial charge < -0.3 is 64.5 Å². The van der Waals surface area contributed by atoms with Crippen LogP contribution < -0.4 is 4.74 Å². The van der Waals surface area contributed by atoms with Gasteiger partial charge in [-0.1, -0.05) is 6.08 Å². The molecule has 0 amide bonds. The highest BCUT2D eigenvalue weighted by atomic mass is 16.7. The summed E-state index contributed by atoms with van der Waals surface area (Å²) in [6.45, 7) is -1.58. The molecule has 2 fully saturated rings. The van der Waals surface area contributed by atoms with Crippen molar-refractivity contribution in [1.82, 2.24) is 0 Å². The van der Waals surface area contributed by atoms with Crippen molar-refractivity contribution in [2.24, 2.45) is 0 Å². The number of methoxy groups -OCH3 is 1. The Bertz CT molecular complexity index is 999. The number of benzene rings is 1. The molecule has 8 N–H and O–H groups in total. The maximum atomic E-state index is 13.1. The van der Waals surface area contributed by atoms with Gasteiger partial charge in [0, 0.05) is 0 Å². The number of esters is 1. The van der Waals surface area contributed by atoms with Gasteiger partial charge in [0.1, 0.15) is 49.0 Å². The Morgan fingerprint density at radius 1 is 0.947 bits per heavy atom. The summed E-state index contributed by atoms with van der Waals surface area (Å²) in [6.07, 6.45) is -14.8. The van der Waals surface area contributed by atoms with E-state index in [9.17, 15) is 50.4 Å². The van der Waals surface area contributed by atoms with Crippen molar-refractivity contribution in [2.45, 2.75) is 61.4 Å². The van der Waals surface area contributed by atoms with Crippen LogP contribution in [0.4, 0.5) is 0 Å². The van der Waals surface area contributed by atoms with E-state index in [1.54, 1.807) is 0 Å². The number of phenols is 1. The first kappa shape index (κ1) is 29.9. The van der Waals surface area contributed by atoms with Crippen molar-refractivity contribution in [3.05, 3.63) is 29.3 Å². The van der Waals surface area contributed by atoms with E-state index in [-0.39, 0.29) is 16.9 Å². The fraction of sp³-hybridized carbons (Fsp3) is 0.565. The predicted octanol–water partition coefficient (Wildman–Crippen LogP) is -3.61. The van der Waals surface area contributed by atoms with Crippen LogP contribution >= 0.6 is 0 Å². The molecule has 38 heavy (non-hydrogen) atoms. The number of rotatable bonds is 9. The minimum atomic E-state index is -1.93. The second-order valence-electron chi connectivity index (χ2n) is 8.51. The van der Waals surface area contributed by atoms with E-state index in [4.69, 9.17) is 23.7 Å². The van der Waals surface area contributed by atoms with Gasteiger partial charge in [0.2, 0.25) is 0 Å². The molecule has 0 bridgehead atoms. The molecule has 212 valence electrons. The van der Waals surface area contributed by atoms with Crippen molar-refractivity contribution in [2.75, 3.05) is 20.3 Å². The summed E-state index contributed by atoms with van der Waals surface area (Å²) in [5.41, 5.74) is -0.230. The third-order valence-corrected chi connectivity index (χ3v) is 6.12. The minimum Gasteiger partial charge on any atom is -0.504 e. The number of aliphatic hydroxyl groups is 7. The van der Waals surface area contributed by atoms with Gasteiger partial charge in [-0.3, -0.25) is 4.79 Å². The first-order valence-electron chi connectivity index (χ1n) is 11.4. The Hall–Kier alpha value is -2.70. The lowest BCUT2D eigenvalue weighted by Gasteiger charge is -2.45. The smallest absolute Gasteiger partial charge is 0.339 e. The van der Waals surface area contributed by atoms with Crippen LogP contribution in [-0.4, -0.2) is 135 Å². The Morgan fingerprint density at radius 2 is 1.61 bits per heavy atom. The molecule has 0 radical (unpaired) electrons. The SMILES string of the molecule is COc1cc(C=CC=O)c(C(=O)O[C@H]2[C@H](O[C@@H]3[C@@H](O)[C@H](O)O[C@H](CO)[C@@H]3O)O[C@H](CO)[C@@H](O)[C@@H]2O)cc1O. The zero-order chi connectivity index (χ0) is 28.1. The third kappa shape index (κ3) is 6.13. The van der Waals surface area contributed by atoms with Crippen LogP contribution in [0.2, 0.25) is 0 Å². The Labute approximate surface area is 215 Å². The average Bonchev–Trinajstić information content (AvgIpc) is 2.91. The lowest BCUT2D eigenvalue weighted by atomic mass is 9.96. The number of aliphatic hydroxyl groups excluding tert-OH is 7. The van der Waals surface area contributed by atoms with Crippen LogP contribution in [0.1, 0.15) is 15.9 Å². The van der Waals surface area contributed by atoms with E-state index >= 15 is 0 Å². The van der Waals surface area contributed by atoms with Crippen LogP contribution in [0.3, 0.4) is 0 Å². The van der Waals surface area contributed by atoms with Gasteiger partial charge in [-0.2, -0.15) is 0 Å². The first-order chi connectivity index (χ1) is 18.1. The second-order valence-corrected chi connectivity index (χ2v) is 8.51. The molecular formula is C23H30O15. The van der Waals surface area contributed by atoms with Gasteiger partial charge in [0.15, 0.2) is 30.2 Å². The van der Waals surface area contributed by atoms with Gasteiger partial charge >= 0.3 is 5.97 Å². The fourth-order valence-electron chi connectivity index (χ4n) is 4.07. The first-order valence-corrected chi connectivity index (χ1v) is 11.4. The largest absolute Gasteiger partial charge is 0.504 e. The number of aromatic hydroxyl groups is 1. The number of aldehydes is 1. The van der Waals surface area contributed by atoms with Crippen molar-refractivity contribution in [3.8, 4) is 11.5 Å². The molecule has 10 atom stereocenters. The standard InChI is InChI=1S/C23H30O15/c1-34-12-5-9(3-2-4-24)10(6-11(12)27)21(32)37-20-17(30)15(28)13(7-25)36-23(20)38-19-16(29)14(8-26)35-22(33)18(19)31/h2-6,13-20,22-23,25-31,33H,7-8H2,1H3/t13-,14-,15-,16+,17+,18-,19+,20-,22-,23+/m1/s1. The molecule has 15 nitrogen and oxygen atoms in total. The fourth-order valence-corrected chi connectivity index (χ4v) is 4.07. The van der Waals surface area contributed by atoms with E-state index in [0.717, 1.165) is 12.1 Å². The van der Waals surface area contributed by atoms with E-state index in [2.05, 4.69) is 0 Å². The summed E-state index contributed by atoms with van der Waals surface area (Å²) in [4.78, 5) is 23.9. The zero-order valence-corrected chi connectivity index (χ0v) is 20.0. The highest BCUT2D eigenvalue weighted by Crippen LogP contribution is 2.33. The van der Waals surface area contributed by atoms with E-state index < -0.39 is 86.3 Å². The summed E-state index contributed by atoms with van der Waals surface area (Å²) in [6, 6.07) is 2.20. The number of phenolic OH excluding ortho intramolecular Hbond substituents is 1. The van der Waals surface area contributed by atoms with Crippen molar-refractivity contribution in [1.29, 1.82) is 0 Å². The number of allylic oxidation sites excluding steroid dienone is 1. The quantitative estimate of drug-likeness (QED) is 0.0847. The van der Waals surface area contributed by atoms with Gasteiger partial charge in [0.05, 0.1) is 25.9 Å². The topological polar surface area (TPSA) is 242 Å². The predicted molar refractivity (Wildman–Crippen MR) is 122 cm³/mol. The van der Waals surface area contributed by atoms with Crippen LogP contribution in [-0.2, 0) is 23.7 Å². The summed E-state index contributed by atoms with van der Waals surface area (Å²) < 4.78 is 26.2. The molecule has 1 aromatic carbocycles. The van der Waals surface area contributed by atoms with Crippen molar-refractivity contribution < 1.29 is 74.1 Å². The molecule has 15 heteroatoms.